The van der Waals surface area contributed by atoms with Gasteiger partial charge >= 0.3 is 11.9 Å². The molecule has 7 nitrogen and oxygen atoms in total. The first-order valence-corrected chi connectivity index (χ1v) is 8.82. The Morgan fingerprint density at radius 3 is 2.60 bits per heavy atom. The third-order valence-electron chi connectivity index (χ3n) is 7.37. The maximum absolute atomic E-state index is 13.1. The molecule has 0 aromatic carbocycles. The van der Waals surface area contributed by atoms with E-state index in [0.717, 1.165) is 6.42 Å². The van der Waals surface area contributed by atoms with Gasteiger partial charge in [0, 0.05) is 26.4 Å². The zero-order valence-corrected chi connectivity index (χ0v) is 15.5. The van der Waals surface area contributed by atoms with Crippen LogP contribution in [-0.4, -0.2) is 50.4 Å². The molecule has 0 aromatic rings. The first kappa shape index (κ1) is 17.2. The Kier molecular flexibility index (Phi) is 3.28. The zero-order valence-electron chi connectivity index (χ0n) is 15.5. The van der Waals surface area contributed by atoms with E-state index in [1.165, 1.54) is 7.11 Å². The van der Waals surface area contributed by atoms with E-state index in [-0.39, 0.29) is 24.8 Å². The molecule has 0 bridgehead atoms. The lowest BCUT2D eigenvalue weighted by molar-refractivity contribution is -0.486. The molecule has 0 amide bonds. The summed E-state index contributed by atoms with van der Waals surface area (Å²) in [4.78, 5) is 26.2. The van der Waals surface area contributed by atoms with Crippen LogP contribution in [0.3, 0.4) is 0 Å². The van der Waals surface area contributed by atoms with E-state index in [1.807, 2.05) is 6.92 Å². The summed E-state index contributed by atoms with van der Waals surface area (Å²) < 4.78 is 28.1. The van der Waals surface area contributed by atoms with E-state index >= 15 is 0 Å². The van der Waals surface area contributed by atoms with E-state index in [9.17, 15) is 9.59 Å². The number of cyclic esters (lactones) is 1. The number of hydrogen-bond acceptors (Lipinski definition) is 7. The van der Waals surface area contributed by atoms with E-state index < -0.39 is 27.6 Å². The molecule has 0 aromatic heterocycles. The molecule has 4 rings (SSSR count). The number of carbonyl (C=O) groups excluding carboxylic acids is 2. The number of ether oxygens (including phenoxy) is 5. The fraction of sp³-hybridized carbons (Fsp3) is 0.889. The van der Waals surface area contributed by atoms with Gasteiger partial charge < -0.3 is 23.7 Å². The fourth-order valence-corrected chi connectivity index (χ4v) is 6.91. The summed E-state index contributed by atoms with van der Waals surface area (Å²) in [6.07, 6.45) is 2.37. The van der Waals surface area contributed by atoms with Gasteiger partial charge in [-0.3, -0.25) is 9.59 Å². The molecule has 3 aliphatic carbocycles. The first-order chi connectivity index (χ1) is 11.7. The van der Waals surface area contributed by atoms with Crippen molar-refractivity contribution in [2.75, 3.05) is 21.0 Å². The second kappa shape index (κ2) is 4.75. The zero-order chi connectivity index (χ0) is 18.3. The van der Waals surface area contributed by atoms with E-state index in [1.54, 1.807) is 21.0 Å². The van der Waals surface area contributed by atoms with Crippen molar-refractivity contribution in [2.45, 2.75) is 63.9 Å². The highest BCUT2D eigenvalue weighted by Crippen LogP contribution is 2.91. The summed E-state index contributed by atoms with van der Waals surface area (Å²) in [5.74, 6) is -1.69. The summed E-state index contributed by atoms with van der Waals surface area (Å²) in [7, 11) is 2.95. The Morgan fingerprint density at radius 2 is 1.96 bits per heavy atom. The highest BCUT2D eigenvalue weighted by atomic mass is 16.7. The van der Waals surface area contributed by atoms with Crippen LogP contribution in [0.4, 0.5) is 0 Å². The quantitative estimate of drug-likeness (QED) is 0.562. The van der Waals surface area contributed by atoms with Gasteiger partial charge in [0.2, 0.25) is 5.79 Å². The lowest BCUT2D eigenvalue weighted by Gasteiger charge is -2.84. The predicted molar refractivity (Wildman–Crippen MR) is 84.2 cm³/mol. The Labute approximate surface area is 147 Å². The van der Waals surface area contributed by atoms with Gasteiger partial charge in [0.05, 0.1) is 13.2 Å². The molecule has 3 saturated carbocycles. The van der Waals surface area contributed by atoms with Gasteiger partial charge in [-0.05, 0) is 26.2 Å². The molecule has 4 fully saturated rings. The van der Waals surface area contributed by atoms with Crippen LogP contribution in [0.15, 0.2) is 0 Å². The number of fused-ring (bicyclic) bond motifs is 1. The van der Waals surface area contributed by atoms with Crippen LogP contribution in [-0.2, 0) is 33.3 Å². The number of methoxy groups -OCH3 is 2. The Morgan fingerprint density at radius 1 is 1.24 bits per heavy atom. The summed E-state index contributed by atoms with van der Waals surface area (Å²) in [6, 6.07) is 0. The van der Waals surface area contributed by atoms with Crippen LogP contribution in [0.5, 0.6) is 0 Å². The molecular weight excluding hydrogens is 328 g/mol. The Balaban J connectivity index is 1.87. The van der Waals surface area contributed by atoms with Gasteiger partial charge in [0.15, 0.2) is 0 Å². The highest BCUT2D eigenvalue weighted by molar-refractivity contribution is 5.95. The van der Waals surface area contributed by atoms with Crippen molar-refractivity contribution in [2.24, 2.45) is 16.2 Å². The normalized spacial score (nSPS) is 49.0. The van der Waals surface area contributed by atoms with Gasteiger partial charge in [-0.2, -0.15) is 0 Å². The second-order valence-electron chi connectivity index (χ2n) is 8.32. The van der Waals surface area contributed by atoms with E-state index in [0.29, 0.717) is 19.3 Å². The average molecular weight is 354 g/mol. The molecule has 0 radical (unpaired) electrons. The molecule has 2 spiro atoms. The van der Waals surface area contributed by atoms with Gasteiger partial charge in [0.1, 0.15) is 23.2 Å². The van der Waals surface area contributed by atoms with Crippen molar-refractivity contribution in [3.8, 4) is 0 Å². The van der Waals surface area contributed by atoms with Crippen molar-refractivity contribution in [3.05, 3.63) is 0 Å². The van der Waals surface area contributed by atoms with Gasteiger partial charge in [-0.1, -0.05) is 6.42 Å². The van der Waals surface area contributed by atoms with Crippen LogP contribution >= 0.6 is 0 Å². The number of carbonyl (C=O) groups is 2. The minimum atomic E-state index is -1.08. The molecular formula is C18H26O7. The second-order valence-corrected chi connectivity index (χ2v) is 8.32. The van der Waals surface area contributed by atoms with Crippen molar-refractivity contribution in [3.63, 3.8) is 0 Å². The summed E-state index contributed by atoms with van der Waals surface area (Å²) in [5.41, 5.74) is -3.37. The molecule has 1 saturated heterocycles. The van der Waals surface area contributed by atoms with Gasteiger partial charge in [-0.15, -0.1) is 0 Å². The smallest absolute Gasteiger partial charge is 0.318 e. The first-order valence-electron chi connectivity index (χ1n) is 8.82. The Hall–Kier alpha value is -1.18. The van der Waals surface area contributed by atoms with Gasteiger partial charge in [0.25, 0.3) is 0 Å². The van der Waals surface area contributed by atoms with Crippen molar-refractivity contribution in [1.82, 2.24) is 0 Å². The minimum Gasteiger partial charge on any atom is -0.468 e. The summed E-state index contributed by atoms with van der Waals surface area (Å²) in [5, 5.41) is 0. The highest BCUT2D eigenvalue weighted by Gasteiger charge is 3.01. The number of esters is 2. The van der Waals surface area contributed by atoms with Gasteiger partial charge in [-0.25, -0.2) is 0 Å². The molecule has 7 heteroatoms. The van der Waals surface area contributed by atoms with Crippen molar-refractivity contribution >= 4 is 11.9 Å². The van der Waals surface area contributed by atoms with E-state index in [2.05, 4.69) is 0 Å². The molecule has 0 N–H and O–H groups in total. The standard InChI is InChI=1S/C18H26O7/c1-14(2)24-13(20)18-9-11(23-10-21-4)16(18)7-6-8-17(16,12(19)22-5)15(18,3)25-14/h11H,6-10H2,1-5H3/t11?,15-,16-,17-,18-/m0/s1. The lowest BCUT2D eigenvalue weighted by atomic mass is 9.21. The monoisotopic (exact) mass is 354 g/mol. The van der Waals surface area contributed by atoms with E-state index in [4.69, 9.17) is 23.7 Å². The van der Waals surface area contributed by atoms with Crippen molar-refractivity contribution in [1.29, 1.82) is 0 Å². The predicted octanol–water partition coefficient (Wildman–Crippen LogP) is 1.78. The van der Waals surface area contributed by atoms with Crippen molar-refractivity contribution < 1.29 is 33.3 Å². The topological polar surface area (TPSA) is 80.3 Å². The third kappa shape index (κ3) is 1.44. The molecule has 1 heterocycles. The molecule has 1 aliphatic heterocycles. The fourth-order valence-electron chi connectivity index (χ4n) is 6.91. The number of rotatable bonds is 4. The van der Waals surface area contributed by atoms with Crippen LogP contribution in [0.25, 0.3) is 0 Å². The van der Waals surface area contributed by atoms with Crippen LogP contribution in [0.1, 0.15) is 46.5 Å². The third-order valence-corrected chi connectivity index (χ3v) is 7.37. The van der Waals surface area contributed by atoms with Crippen LogP contribution in [0, 0.1) is 16.2 Å². The SMILES string of the molecule is COCOC1C[C@]23C(=O)OC(C)(C)O[C@@]2(C)[C@@]2(C(=O)OC)CCC[C@]123. The average Bonchev–Trinajstić information content (AvgIpc) is 2.93. The molecule has 140 valence electrons. The molecule has 1 unspecified atom stereocenters. The van der Waals surface area contributed by atoms with Crippen LogP contribution < -0.4 is 0 Å². The largest absolute Gasteiger partial charge is 0.468 e. The maximum Gasteiger partial charge on any atom is 0.318 e. The lowest BCUT2D eigenvalue weighted by Crippen LogP contribution is -2.96. The summed E-state index contributed by atoms with van der Waals surface area (Å²) >= 11 is 0. The molecule has 5 atom stereocenters. The van der Waals surface area contributed by atoms with Crippen LogP contribution in [0.2, 0.25) is 0 Å². The summed E-state index contributed by atoms with van der Waals surface area (Å²) in [6.45, 7) is 5.42. The maximum atomic E-state index is 13.1. The molecule has 25 heavy (non-hydrogen) atoms. The Bertz CT molecular complexity index is 645. The molecule has 4 aliphatic rings. The number of hydrogen-bond donors (Lipinski definition) is 0. The minimum absolute atomic E-state index is 0.123.